The second-order valence-electron chi connectivity index (χ2n) is 6.98. The number of likely N-dealkylation sites (tertiary alicyclic amines) is 1. The van der Waals surface area contributed by atoms with E-state index in [9.17, 15) is 14.0 Å². The van der Waals surface area contributed by atoms with Gasteiger partial charge in [-0.2, -0.15) is 0 Å². The molecule has 0 spiro atoms. The van der Waals surface area contributed by atoms with E-state index in [-0.39, 0.29) is 24.2 Å². The molecule has 0 bridgehead atoms. The molecule has 148 valence electrons. The van der Waals surface area contributed by atoms with Crippen molar-refractivity contribution < 1.29 is 18.7 Å². The van der Waals surface area contributed by atoms with Crippen molar-refractivity contribution >= 4 is 11.8 Å². The average molecular weight is 384 g/mol. The summed E-state index contributed by atoms with van der Waals surface area (Å²) in [6, 6.07) is 14.9. The number of carbonyl (C=O) groups excluding carboxylic acids is 2. The highest BCUT2D eigenvalue weighted by molar-refractivity contribution is 5.94. The Labute approximate surface area is 164 Å². The van der Waals surface area contributed by atoms with Crippen molar-refractivity contribution in [3.8, 4) is 5.75 Å². The Hall–Kier alpha value is -2.89. The topological polar surface area (TPSA) is 58.6 Å². The van der Waals surface area contributed by atoms with Gasteiger partial charge in [-0.3, -0.25) is 9.59 Å². The van der Waals surface area contributed by atoms with Crippen molar-refractivity contribution in [2.75, 3.05) is 26.2 Å². The first-order valence-electron chi connectivity index (χ1n) is 9.61. The molecule has 0 saturated carbocycles. The highest BCUT2D eigenvalue weighted by atomic mass is 19.1. The zero-order valence-corrected chi connectivity index (χ0v) is 15.8. The van der Waals surface area contributed by atoms with Gasteiger partial charge >= 0.3 is 0 Å². The van der Waals surface area contributed by atoms with E-state index in [2.05, 4.69) is 5.32 Å². The highest BCUT2D eigenvalue weighted by Gasteiger charge is 2.23. The van der Waals surface area contributed by atoms with Crippen molar-refractivity contribution in [3.05, 3.63) is 66.0 Å². The van der Waals surface area contributed by atoms with E-state index < -0.39 is 0 Å². The molecule has 6 heteroatoms. The van der Waals surface area contributed by atoms with Gasteiger partial charge < -0.3 is 15.0 Å². The van der Waals surface area contributed by atoms with Gasteiger partial charge in [0.05, 0.1) is 0 Å². The second-order valence-corrected chi connectivity index (χ2v) is 6.98. The van der Waals surface area contributed by atoms with Crippen molar-refractivity contribution in [1.82, 2.24) is 10.2 Å². The molecular formula is C22H25FN2O3. The molecule has 5 nitrogen and oxygen atoms in total. The summed E-state index contributed by atoms with van der Waals surface area (Å²) in [5.74, 6) is 0.518. The smallest absolute Gasteiger partial charge is 0.257 e. The molecule has 28 heavy (non-hydrogen) atoms. The lowest BCUT2D eigenvalue weighted by Crippen LogP contribution is -2.39. The average Bonchev–Trinajstić information content (AvgIpc) is 2.74. The lowest BCUT2D eigenvalue weighted by Gasteiger charge is -2.32. The molecule has 0 radical (unpaired) electrons. The lowest BCUT2D eigenvalue weighted by molar-refractivity contribution is -0.123. The molecule has 1 aliphatic heterocycles. The van der Waals surface area contributed by atoms with E-state index in [1.54, 1.807) is 0 Å². The molecule has 0 atom stereocenters. The first-order chi connectivity index (χ1) is 13.6. The van der Waals surface area contributed by atoms with E-state index in [1.165, 1.54) is 24.3 Å². The number of halogens is 1. The van der Waals surface area contributed by atoms with E-state index in [0.717, 1.165) is 37.9 Å². The molecule has 3 rings (SSSR count). The molecule has 1 fully saturated rings. The number of carbonyl (C=O) groups is 2. The van der Waals surface area contributed by atoms with Gasteiger partial charge in [-0.15, -0.1) is 0 Å². The zero-order chi connectivity index (χ0) is 19.8. The molecular weight excluding hydrogens is 359 g/mol. The maximum absolute atomic E-state index is 12.8. The maximum Gasteiger partial charge on any atom is 0.257 e. The summed E-state index contributed by atoms with van der Waals surface area (Å²) in [5, 5.41) is 2.85. The van der Waals surface area contributed by atoms with Crippen molar-refractivity contribution in [3.63, 3.8) is 0 Å². The van der Waals surface area contributed by atoms with Gasteiger partial charge in [0.2, 0.25) is 0 Å². The number of nitrogens with zero attached hydrogens (tertiary/aromatic N) is 1. The summed E-state index contributed by atoms with van der Waals surface area (Å²) in [6.45, 7) is 2.00. The molecule has 0 unspecified atom stereocenters. The normalized spacial score (nSPS) is 14.5. The number of benzene rings is 2. The Bertz CT molecular complexity index is 772. The molecule has 0 aliphatic carbocycles. The fraction of sp³-hybridized carbons (Fsp3) is 0.364. The van der Waals surface area contributed by atoms with Crippen LogP contribution in [0.15, 0.2) is 54.6 Å². The van der Waals surface area contributed by atoms with Gasteiger partial charge in [-0.25, -0.2) is 4.39 Å². The zero-order valence-electron chi connectivity index (χ0n) is 15.8. The van der Waals surface area contributed by atoms with Crippen LogP contribution >= 0.6 is 0 Å². The lowest BCUT2D eigenvalue weighted by atomic mass is 9.93. The summed E-state index contributed by atoms with van der Waals surface area (Å²) >= 11 is 0. The van der Waals surface area contributed by atoms with Crippen LogP contribution in [-0.4, -0.2) is 43.0 Å². The first-order valence-corrected chi connectivity index (χ1v) is 9.61. The number of amides is 2. The Morgan fingerprint density at radius 2 is 1.71 bits per heavy atom. The van der Waals surface area contributed by atoms with Gasteiger partial charge in [0, 0.05) is 25.2 Å². The van der Waals surface area contributed by atoms with Crippen LogP contribution in [0.5, 0.6) is 5.75 Å². The predicted octanol–water partition coefficient (Wildman–Crippen LogP) is 3.26. The van der Waals surface area contributed by atoms with Gasteiger partial charge in [0.25, 0.3) is 11.8 Å². The van der Waals surface area contributed by atoms with Crippen molar-refractivity contribution in [1.29, 1.82) is 0 Å². The van der Waals surface area contributed by atoms with Crippen LogP contribution < -0.4 is 10.1 Å². The van der Waals surface area contributed by atoms with Gasteiger partial charge in [-0.05, 0) is 61.6 Å². The Morgan fingerprint density at radius 1 is 1.04 bits per heavy atom. The summed E-state index contributed by atoms with van der Waals surface area (Å²) in [4.78, 5) is 26.2. The number of nitrogens with one attached hydrogen (secondary N) is 1. The van der Waals surface area contributed by atoms with Crippen LogP contribution in [0.3, 0.4) is 0 Å². The molecule has 1 saturated heterocycles. The number of hydrogen-bond acceptors (Lipinski definition) is 3. The maximum atomic E-state index is 12.8. The van der Waals surface area contributed by atoms with Gasteiger partial charge in [0.15, 0.2) is 6.61 Å². The van der Waals surface area contributed by atoms with E-state index in [4.69, 9.17) is 4.74 Å². The molecule has 1 aliphatic rings. The number of piperidine rings is 1. The first kappa shape index (κ1) is 19.9. The SMILES string of the molecule is O=C(COc1ccc(F)cc1)NCCC1CCN(C(=O)c2ccccc2)CC1. The molecule has 2 aromatic rings. The van der Waals surface area contributed by atoms with Crippen LogP contribution in [0.25, 0.3) is 0 Å². The van der Waals surface area contributed by atoms with Gasteiger partial charge in [0.1, 0.15) is 11.6 Å². The predicted molar refractivity (Wildman–Crippen MR) is 105 cm³/mol. The Morgan fingerprint density at radius 3 is 2.39 bits per heavy atom. The minimum Gasteiger partial charge on any atom is -0.484 e. The van der Waals surface area contributed by atoms with Gasteiger partial charge in [-0.1, -0.05) is 18.2 Å². The summed E-state index contributed by atoms with van der Waals surface area (Å²) in [7, 11) is 0. The van der Waals surface area contributed by atoms with E-state index >= 15 is 0 Å². The third kappa shape index (κ3) is 5.81. The number of rotatable bonds is 7. The van der Waals surface area contributed by atoms with Crippen LogP contribution in [0.2, 0.25) is 0 Å². The largest absolute Gasteiger partial charge is 0.484 e. The fourth-order valence-corrected chi connectivity index (χ4v) is 3.33. The standard InChI is InChI=1S/C22H25FN2O3/c23-19-6-8-20(9-7-19)28-16-21(26)24-13-10-17-11-14-25(15-12-17)22(27)18-4-2-1-3-5-18/h1-9,17H,10-16H2,(H,24,26). The molecule has 0 aromatic heterocycles. The molecule has 1 N–H and O–H groups in total. The molecule has 2 amide bonds. The summed E-state index contributed by atoms with van der Waals surface area (Å²) < 4.78 is 18.2. The summed E-state index contributed by atoms with van der Waals surface area (Å²) in [6.07, 6.45) is 2.77. The molecule has 1 heterocycles. The van der Waals surface area contributed by atoms with Crippen LogP contribution in [0.4, 0.5) is 4.39 Å². The quantitative estimate of drug-likeness (QED) is 0.797. The van der Waals surface area contributed by atoms with Crippen LogP contribution in [-0.2, 0) is 4.79 Å². The minimum absolute atomic E-state index is 0.0876. The summed E-state index contributed by atoms with van der Waals surface area (Å²) in [5.41, 5.74) is 0.731. The third-order valence-corrected chi connectivity index (χ3v) is 4.98. The minimum atomic E-state index is -0.340. The van der Waals surface area contributed by atoms with Crippen molar-refractivity contribution in [2.24, 2.45) is 5.92 Å². The number of ether oxygens (including phenoxy) is 1. The van der Waals surface area contributed by atoms with E-state index in [1.807, 2.05) is 35.2 Å². The van der Waals surface area contributed by atoms with Crippen LogP contribution in [0.1, 0.15) is 29.6 Å². The Kier molecular flexibility index (Phi) is 7.00. The molecule has 2 aromatic carbocycles. The third-order valence-electron chi connectivity index (χ3n) is 4.98. The van der Waals surface area contributed by atoms with Crippen LogP contribution in [0, 0.1) is 11.7 Å². The van der Waals surface area contributed by atoms with Crippen molar-refractivity contribution in [2.45, 2.75) is 19.3 Å². The Balaban J connectivity index is 1.31. The fourth-order valence-electron chi connectivity index (χ4n) is 3.33. The van der Waals surface area contributed by atoms with E-state index in [0.29, 0.717) is 18.2 Å². The monoisotopic (exact) mass is 384 g/mol. The second kappa shape index (κ2) is 9.88. The highest BCUT2D eigenvalue weighted by Crippen LogP contribution is 2.21. The number of hydrogen-bond donors (Lipinski definition) is 1.